The van der Waals surface area contributed by atoms with Crippen LogP contribution in [0.1, 0.15) is 10.4 Å². The average molecular weight is 459 g/mol. The third-order valence-electron chi connectivity index (χ3n) is 4.43. The lowest BCUT2D eigenvalue weighted by Crippen LogP contribution is -2.15. The van der Waals surface area contributed by atoms with E-state index in [1.54, 1.807) is 24.3 Å². The van der Waals surface area contributed by atoms with Crippen LogP contribution >= 0.6 is 11.8 Å². The summed E-state index contributed by atoms with van der Waals surface area (Å²) in [6.07, 6.45) is 1.90. The minimum absolute atomic E-state index is 0.0416. The number of rotatable bonds is 8. The number of methoxy groups -OCH3 is 2. The van der Waals surface area contributed by atoms with E-state index in [1.807, 2.05) is 18.4 Å². The Morgan fingerprint density at radius 2 is 1.65 bits per heavy atom. The molecule has 9 heteroatoms. The van der Waals surface area contributed by atoms with Crippen molar-refractivity contribution in [3.05, 3.63) is 72.3 Å². The molecule has 2 N–H and O–H groups in total. The first kappa shape index (κ1) is 22.5. The van der Waals surface area contributed by atoms with Gasteiger partial charge in [0, 0.05) is 16.6 Å². The van der Waals surface area contributed by atoms with Crippen LogP contribution in [0, 0.1) is 0 Å². The first-order valence-electron chi connectivity index (χ1n) is 9.17. The molecule has 162 valence electrons. The van der Waals surface area contributed by atoms with Gasteiger partial charge in [0.05, 0.1) is 30.4 Å². The Kier molecular flexibility index (Phi) is 7.09. The predicted molar refractivity (Wildman–Crippen MR) is 123 cm³/mol. The van der Waals surface area contributed by atoms with Crippen LogP contribution in [0.5, 0.6) is 11.5 Å². The van der Waals surface area contributed by atoms with Gasteiger partial charge in [0.25, 0.3) is 15.9 Å². The van der Waals surface area contributed by atoms with Crippen LogP contribution in [0.15, 0.2) is 76.5 Å². The zero-order valence-corrected chi connectivity index (χ0v) is 18.8. The Labute approximate surface area is 185 Å². The Hall–Kier alpha value is -3.17. The molecule has 0 aliphatic rings. The van der Waals surface area contributed by atoms with Crippen molar-refractivity contribution in [2.45, 2.75) is 9.79 Å². The zero-order valence-electron chi connectivity index (χ0n) is 17.2. The van der Waals surface area contributed by atoms with Crippen molar-refractivity contribution in [2.24, 2.45) is 0 Å². The van der Waals surface area contributed by atoms with E-state index >= 15 is 0 Å². The number of ether oxygens (including phenoxy) is 2. The van der Waals surface area contributed by atoms with Crippen LogP contribution in [-0.2, 0) is 10.0 Å². The molecule has 3 aromatic carbocycles. The summed E-state index contributed by atoms with van der Waals surface area (Å²) in [5.41, 5.74) is 1.30. The van der Waals surface area contributed by atoms with E-state index in [4.69, 9.17) is 9.47 Å². The number of anilines is 2. The molecule has 0 bridgehead atoms. The number of sulfonamides is 1. The smallest absolute Gasteiger partial charge is 0.262 e. The van der Waals surface area contributed by atoms with Crippen LogP contribution < -0.4 is 19.5 Å². The molecular formula is C22H22N2O5S2. The van der Waals surface area contributed by atoms with Gasteiger partial charge in [-0.25, -0.2) is 8.42 Å². The summed E-state index contributed by atoms with van der Waals surface area (Å²) in [7, 11) is -0.939. The number of amides is 1. The number of hydrogen-bond donors (Lipinski definition) is 2. The maximum Gasteiger partial charge on any atom is 0.262 e. The number of carbonyl (C=O) groups is 1. The lowest BCUT2D eigenvalue weighted by Gasteiger charge is -2.13. The van der Waals surface area contributed by atoms with E-state index in [9.17, 15) is 13.2 Å². The summed E-state index contributed by atoms with van der Waals surface area (Å²) < 4.78 is 38.5. The minimum atomic E-state index is -3.88. The summed E-state index contributed by atoms with van der Waals surface area (Å²) in [5.74, 6) is 0.586. The normalized spacial score (nSPS) is 10.9. The highest BCUT2D eigenvalue weighted by atomic mass is 32.2. The van der Waals surface area contributed by atoms with E-state index in [0.29, 0.717) is 22.7 Å². The molecule has 3 aromatic rings. The fourth-order valence-electron chi connectivity index (χ4n) is 2.85. The second kappa shape index (κ2) is 9.76. The van der Waals surface area contributed by atoms with E-state index in [0.717, 1.165) is 4.90 Å². The molecule has 0 aromatic heterocycles. The van der Waals surface area contributed by atoms with Crippen molar-refractivity contribution in [3.8, 4) is 11.5 Å². The Morgan fingerprint density at radius 3 is 2.29 bits per heavy atom. The van der Waals surface area contributed by atoms with Gasteiger partial charge < -0.3 is 14.8 Å². The summed E-state index contributed by atoms with van der Waals surface area (Å²) >= 11 is 1.48. The lowest BCUT2D eigenvalue weighted by atomic mass is 10.2. The number of thioether (sulfide) groups is 1. The zero-order chi connectivity index (χ0) is 22.4. The van der Waals surface area contributed by atoms with Gasteiger partial charge in [-0.3, -0.25) is 9.52 Å². The Morgan fingerprint density at radius 1 is 0.935 bits per heavy atom. The van der Waals surface area contributed by atoms with Crippen LogP contribution in [-0.4, -0.2) is 34.8 Å². The van der Waals surface area contributed by atoms with Gasteiger partial charge >= 0.3 is 0 Å². The van der Waals surface area contributed by atoms with Crippen LogP contribution in [0.2, 0.25) is 0 Å². The minimum Gasteiger partial charge on any atom is -0.497 e. The van der Waals surface area contributed by atoms with Gasteiger partial charge in [0.1, 0.15) is 11.5 Å². The molecule has 0 atom stereocenters. The van der Waals surface area contributed by atoms with Crippen LogP contribution in [0.4, 0.5) is 11.4 Å². The van der Waals surface area contributed by atoms with Gasteiger partial charge in [-0.05, 0) is 54.8 Å². The third kappa shape index (κ3) is 5.31. The second-order valence-corrected chi connectivity index (χ2v) is 8.88. The van der Waals surface area contributed by atoms with Gasteiger partial charge in [-0.2, -0.15) is 0 Å². The molecule has 0 radical (unpaired) electrons. The van der Waals surface area contributed by atoms with E-state index in [-0.39, 0.29) is 16.5 Å². The molecule has 1 amide bonds. The van der Waals surface area contributed by atoms with Crippen molar-refractivity contribution >= 4 is 39.1 Å². The Balaban J connectivity index is 1.78. The largest absolute Gasteiger partial charge is 0.497 e. The quantitative estimate of drug-likeness (QED) is 0.484. The molecule has 0 saturated heterocycles. The van der Waals surface area contributed by atoms with Crippen LogP contribution in [0.3, 0.4) is 0 Å². The highest BCUT2D eigenvalue weighted by Gasteiger charge is 2.18. The summed E-state index contributed by atoms with van der Waals surface area (Å²) in [4.78, 5) is 13.5. The monoisotopic (exact) mass is 458 g/mol. The van der Waals surface area contributed by atoms with Crippen molar-refractivity contribution < 1.29 is 22.7 Å². The standard InChI is InChI=1S/C22H22N2O5S2/c1-28-16-10-13-20(29-2)19(14-16)24-31(26,27)17-11-8-15(9-12-17)23-22(25)18-6-4-5-7-21(18)30-3/h4-14,24H,1-3H3,(H,23,25). The fraction of sp³-hybridized carbons (Fsp3) is 0.136. The molecule has 0 aliphatic carbocycles. The van der Waals surface area contributed by atoms with Gasteiger partial charge in [0.15, 0.2) is 0 Å². The summed E-state index contributed by atoms with van der Waals surface area (Å²) in [6.45, 7) is 0. The molecule has 7 nitrogen and oxygen atoms in total. The number of hydrogen-bond acceptors (Lipinski definition) is 6. The maximum atomic E-state index is 12.8. The molecule has 0 spiro atoms. The SMILES string of the molecule is COc1ccc(OC)c(NS(=O)(=O)c2ccc(NC(=O)c3ccccc3SC)cc2)c1. The molecule has 0 saturated carbocycles. The molecule has 0 fully saturated rings. The van der Waals surface area contributed by atoms with Gasteiger partial charge in [-0.15, -0.1) is 11.8 Å². The van der Waals surface area contributed by atoms with E-state index in [1.165, 1.54) is 56.3 Å². The van der Waals surface area contributed by atoms with Crippen molar-refractivity contribution in [3.63, 3.8) is 0 Å². The molecule has 3 rings (SSSR count). The highest BCUT2D eigenvalue weighted by molar-refractivity contribution is 7.98. The van der Waals surface area contributed by atoms with Crippen molar-refractivity contribution in [1.82, 2.24) is 0 Å². The molecule has 0 heterocycles. The number of benzene rings is 3. The molecule has 0 aliphatic heterocycles. The summed E-state index contributed by atoms with van der Waals surface area (Å²) in [6, 6.07) is 18.0. The van der Waals surface area contributed by atoms with Crippen molar-refractivity contribution in [1.29, 1.82) is 0 Å². The fourth-order valence-corrected chi connectivity index (χ4v) is 4.50. The highest BCUT2D eigenvalue weighted by Crippen LogP contribution is 2.31. The number of nitrogens with one attached hydrogen (secondary N) is 2. The Bertz CT molecular complexity index is 1180. The maximum absolute atomic E-state index is 12.8. The average Bonchev–Trinajstić information content (AvgIpc) is 2.79. The van der Waals surface area contributed by atoms with E-state index in [2.05, 4.69) is 10.0 Å². The van der Waals surface area contributed by atoms with Crippen molar-refractivity contribution in [2.75, 3.05) is 30.5 Å². The third-order valence-corrected chi connectivity index (χ3v) is 6.60. The molecule has 0 unspecified atom stereocenters. The lowest BCUT2D eigenvalue weighted by molar-refractivity contribution is 0.102. The molecular weight excluding hydrogens is 436 g/mol. The summed E-state index contributed by atoms with van der Waals surface area (Å²) in [5, 5.41) is 2.79. The number of carbonyl (C=O) groups excluding carboxylic acids is 1. The second-order valence-electron chi connectivity index (χ2n) is 6.35. The topological polar surface area (TPSA) is 93.7 Å². The van der Waals surface area contributed by atoms with Gasteiger partial charge in [-0.1, -0.05) is 12.1 Å². The molecule has 31 heavy (non-hydrogen) atoms. The first-order valence-corrected chi connectivity index (χ1v) is 11.9. The van der Waals surface area contributed by atoms with Gasteiger partial charge in [0.2, 0.25) is 0 Å². The predicted octanol–water partition coefficient (Wildman–Crippen LogP) is 4.48. The van der Waals surface area contributed by atoms with E-state index < -0.39 is 10.0 Å². The van der Waals surface area contributed by atoms with Crippen LogP contribution in [0.25, 0.3) is 0 Å². The first-order chi connectivity index (χ1) is 14.9.